The van der Waals surface area contributed by atoms with E-state index in [2.05, 4.69) is 0 Å². The zero-order valence-corrected chi connectivity index (χ0v) is 20.0. The number of fused-ring (bicyclic) bond motifs is 3. The Hall–Kier alpha value is -3.73. The molecule has 10 nitrogen and oxygen atoms in total. The van der Waals surface area contributed by atoms with Crippen molar-refractivity contribution in [3.63, 3.8) is 0 Å². The number of rotatable bonds is 4. The van der Waals surface area contributed by atoms with Gasteiger partial charge in [0.05, 0.1) is 16.1 Å². The molecule has 0 spiro atoms. The number of hydrogen-bond donors (Lipinski definition) is 0. The van der Waals surface area contributed by atoms with Crippen molar-refractivity contribution in [2.75, 3.05) is 44.7 Å². The number of ether oxygens (including phenoxy) is 1. The third-order valence-electron chi connectivity index (χ3n) is 6.85. The van der Waals surface area contributed by atoms with Crippen LogP contribution in [0.1, 0.15) is 32.9 Å². The van der Waals surface area contributed by atoms with Gasteiger partial charge in [0.25, 0.3) is 17.7 Å². The average molecular weight is 497 g/mol. The summed E-state index contributed by atoms with van der Waals surface area (Å²) >= 11 is 1.37. The third-order valence-corrected chi connectivity index (χ3v) is 7.70. The van der Waals surface area contributed by atoms with E-state index in [0.717, 1.165) is 0 Å². The van der Waals surface area contributed by atoms with Gasteiger partial charge in [0.1, 0.15) is 0 Å². The molecule has 4 heterocycles. The Morgan fingerprint density at radius 2 is 1.71 bits per heavy atom. The fourth-order valence-electron chi connectivity index (χ4n) is 4.94. The molecule has 182 valence electrons. The number of benzene rings is 1. The highest BCUT2D eigenvalue weighted by Crippen LogP contribution is 2.44. The Kier molecular flexibility index (Phi) is 5.79. The van der Waals surface area contributed by atoms with Crippen molar-refractivity contribution in [2.45, 2.75) is 18.5 Å². The van der Waals surface area contributed by atoms with Gasteiger partial charge in [0, 0.05) is 46.1 Å². The molecular formula is C24H24N4O6S. The summed E-state index contributed by atoms with van der Waals surface area (Å²) in [5, 5.41) is 1.84. The van der Waals surface area contributed by atoms with Crippen LogP contribution in [0.15, 0.2) is 41.8 Å². The highest BCUT2D eigenvalue weighted by Gasteiger charge is 2.60. The quantitative estimate of drug-likeness (QED) is 0.589. The normalized spacial score (nSPS) is 21.6. The molecule has 1 atom stereocenters. The van der Waals surface area contributed by atoms with Crippen molar-refractivity contribution in [2.24, 2.45) is 0 Å². The van der Waals surface area contributed by atoms with Crippen LogP contribution in [0.2, 0.25) is 0 Å². The van der Waals surface area contributed by atoms with Crippen LogP contribution < -0.4 is 4.90 Å². The van der Waals surface area contributed by atoms with E-state index in [1.165, 1.54) is 28.2 Å². The molecule has 1 aromatic carbocycles. The van der Waals surface area contributed by atoms with Crippen LogP contribution in [0.3, 0.4) is 0 Å². The molecule has 35 heavy (non-hydrogen) atoms. The number of para-hydroxylation sites is 1. The van der Waals surface area contributed by atoms with Crippen molar-refractivity contribution in [1.82, 2.24) is 14.7 Å². The fraction of sp³-hybridized carbons (Fsp3) is 0.375. The van der Waals surface area contributed by atoms with Gasteiger partial charge in [-0.1, -0.05) is 18.2 Å². The predicted molar refractivity (Wildman–Crippen MR) is 126 cm³/mol. The number of amides is 4. The molecular weight excluding hydrogens is 472 g/mol. The second-order valence-electron chi connectivity index (χ2n) is 8.65. The van der Waals surface area contributed by atoms with Crippen molar-refractivity contribution in [1.29, 1.82) is 0 Å². The first-order valence-electron chi connectivity index (χ1n) is 11.3. The maximum Gasteiger partial charge on any atom is 0.354 e. The summed E-state index contributed by atoms with van der Waals surface area (Å²) in [6, 6.07) is 10.2. The van der Waals surface area contributed by atoms with Gasteiger partial charge in [0.15, 0.2) is 6.61 Å². The van der Waals surface area contributed by atoms with Gasteiger partial charge in [-0.15, -0.1) is 11.3 Å². The number of carbonyl (C=O) groups excluding carboxylic acids is 5. The summed E-state index contributed by atoms with van der Waals surface area (Å²) in [4.78, 5) is 70.8. The summed E-state index contributed by atoms with van der Waals surface area (Å²) in [5.41, 5.74) is -0.915. The summed E-state index contributed by atoms with van der Waals surface area (Å²) in [6.45, 7) is 0.919. The highest BCUT2D eigenvalue weighted by molar-refractivity contribution is 7.12. The van der Waals surface area contributed by atoms with Crippen molar-refractivity contribution in [3.05, 3.63) is 52.2 Å². The monoisotopic (exact) mass is 496 g/mol. The van der Waals surface area contributed by atoms with E-state index in [4.69, 9.17) is 4.74 Å². The van der Waals surface area contributed by atoms with Gasteiger partial charge < -0.3 is 19.4 Å². The second-order valence-corrected chi connectivity index (χ2v) is 9.60. The molecule has 2 aromatic rings. The molecule has 0 saturated carbocycles. The first kappa shape index (κ1) is 23.0. The van der Waals surface area contributed by atoms with Crippen molar-refractivity contribution < 1.29 is 28.7 Å². The van der Waals surface area contributed by atoms with Crippen LogP contribution >= 0.6 is 11.3 Å². The summed E-state index contributed by atoms with van der Waals surface area (Å²) in [7, 11) is 1.47. The van der Waals surface area contributed by atoms with E-state index in [1.54, 1.807) is 40.1 Å². The molecule has 0 radical (unpaired) electrons. The SMILES string of the molecule is CN1C(=O)c2ccccc2N2C(=O)CCC12C(=O)OCC(=O)N1CCN(C(=O)c2cccs2)CC1. The highest BCUT2D eigenvalue weighted by atomic mass is 32.1. The maximum absolute atomic E-state index is 13.3. The van der Waals surface area contributed by atoms with Crippen LogP contribution in [0.25, 0.3) is 0 Å². The minimum atomic E-state index is -1.62. The van der Waals surface area contributed by atoms with Gasteiger partial charge in [0.2, 0.25) is 11.6 Å². The number of thiophene rings is 1. The van der Waals surface area contributed by atoms with E-state index in [9.17, 15) is 24.0 Å². The number of anilines is 1. The molecule has 3 aliphatic heterocycles. The van der Waals surface area contributed by atoms with Crippen LogP contribution in [0.5, 0.6) is 0 Å². The van der Waals surface area contributed by atoms with E-state index in [1.807, 2.05) is 11.4 Å². The lowest BCUT2D eigenvalue weighted by Crippen LogP contribution is -2.67. The zero-order valence-electron chi connectivity index (χ0n) is 19.1. The number of carbonyl (C=O) groups is 5. The number of nitrogens with zero attached hydrogens (tertiary/aromatic N) is 4. The topological polar surface area (TPSA) is 108 Å². The largest absolute Gasteiger partial charge is 0.452 e. The minimum absolute atomic E-state index is 0.0612. The Labute approximate surface area is 205 Å². The second kappa shape index (κ2) is 8.81. The molecule has 5 rings (SSSR count). The molecule has 2 fully saturated rings. The summed E-state index contributed by atoms with van der Waals surface area (Å²) in [5.74, 6) is -1.94. The van der Waals surface area contributed by atoms with Gasteiger partial charge >= 0.3 is 5.97 Å². The number of likely N-dealkylation sites (N-methyl/N-ethyl adjacent to an activating group) is 1. The number of esters is 1. The van der Waals surface area contributed by atoms with Gasteiger partial charge in [-0.05, 0) is 23.6 Å². The smallest absolute Gasteiger partial charge is 0.354 e. The maximum atomic E-state index is 13.3. The first-order chi connectivity index (χ1) is 16.8. The standard InChI is InChI=1S/C24H24N4O6S/c1-25-21(31)16-5-2-3-6-17(16)28-19(29)8-9-24(25,28)23(33)34-15-20(30)26-10-12-27(13-11-26)22(32)18-7-4-14-35-18/h2-7,14H,8-13,15H2,1H3. The van der Waals surface area contributed by atoms with Gasteiger partial charge in [-0.2, -0.15) is 0 Å². The van der Waals surface area contributed by atoms with Crippen LogP contribution in [0.4, 0.5) is 5.69 Å². The summed E-state index contributed by atoms with van der Waals surface area (Å²) < 4.78 is 5.42. The van der Waals surface area contributed by atoms with E-state index in [0.29, 0.717) is 42.3 Å². The minimum Gasteiger partial charge on any atom is -0.452 e. The van der Waals surface area contributed by atoms with E-state index >= 15 is 0 Å². The fourth-order valence-corrected chi connectivity index (χ4v) is 5.63. The van der Waals surface area contributed by atoms with Crippen LogP contribution in [-0.4, -0.2) is 89.8 Å². The average Bonchev–Trinajstić information content (AvgIpc) is 3.54. The Morgan fingerprint density at radius 3 is 2.43 bits per heavy atom. The molecule has 0 aliphatic carbocycles. The van der Waals surface area contributed by atoms with Crippen LogP contribution in [0, 0.1) is 0 Å². The number of piperazine rings is 1. The molecule has 3 aliphatic rings. The molecule has 0 N–H and O–H groups in total. The first-order valence-corrected chi connectivity index (χ1v) is 12.2. The molecule has 2 saturated heterocycles. The Balaban J connectivity index is 1.25. The Morgan fingerprint density at radius 1 is 1.00 bits per heavy atom. The lowest BCUT2D eigenvalue weighted by Gasteiger charge is -2.46. The van der Waals surface area contributed by atoms with Gasteiger partial charge in [-0.3, -0.25) is 24.1 Å². The lowest BCUT2D eigenvalue weighted by molar-refractivity contribution is -0.161. The zero-order chi connectivity index (χ0) is 24.7. The van der Waals surface area contributed by atoms with Crippen molar-refractivity contribution in [3.8, 4) is 0 Å². The van der Waals surface area contributed by atoms with E-state index in [-0.39, 0.29) is 36.5 Å². The van der Waals surface area contributed by atoms with Gasteiger partial charge in [-0.25, -0.2) is 4.79 Å². The molecule has 0 bridgehead atoms. The third kappa shape index (κ3) is 3.66. The molecule has 4 amide bonds. The van der Waals surface area contributed by atoms with E-state index < -0.39 is 18.2 Å². The van der Waals surface area contributed by atoms with Crippen LogP contribution in [-0.2, 0) is 19.1 Å². The lowest BCUT2D eigenvalue weighted by atomic mass is 9.97. The molecule has 1 aromatic heterocycles. The van der Waals surface area contributed by atoms with Crippen molar-refractivity contribution >= 4 is 46.6 Å². The molecule has 1 unspecified atom stereocenters. The molecule has 11 heteroatoms. The predicted octanol–water partition coefficient (Wildman–Crippen LogP) is 1.18. The number of hydrogen-bond acceptors (Lipinski definition) is 7. The Bertz CT molecular complexity index is 1210. The summed E-state index contributed by atoms with van der Waals surface area (Å²) in [6.07, 6.45) is 0.161.